The highest BCUT2D eigenvalue weighted by atomic mass is 32.1. The number of aromatic nitrogens is 4. The average Bonchev–Trinajstić information content (AvgIpc) is 3.50. The van der Waals surface area contributed by atoms with E-state index in [0.29, 0.717) is 47.5 Å². The number of nitrogens with one attached hydrogen (secondary N) is 2. The Hall–Kier alpha value is -3.31. The molecule has 2 aromatic heterocycles. The van der Waals surface area contributed by atoms with Crippen molar-refractivity contribution in [2.45, 2.75) is 26.3 Å². The second kappa shape index (κ2) is 10.1. The Kier molecular flexibility index (Phi) is 6.99. The summed E-state index contributed by atoms with van der Waals surface area (Å²) in [7, 11) is 0. The summed E-state index contributed by atoms with van der Waals surface area (Å²) in [5.74, 6) is 0.576. The molecule has 1 fully saturated rings. The highest BCUT2D eigenvalue weighted by molar-refractivity contribution is 7.71. The second-order valence-electron chi connectivity index (χ2n) is 7.46. The Morgan fingerprint density at radius 2 is 2.27 bits per heavy atom. The molecule has 1 atom stereocenters. The molecular weight excluding hydrogens is 460 g/mol. The Morgan fingerprint density at radius 3 is 3.06 bits per heavy atom. The number of ether oxygens (including phenoxy) is 1. The highest BCUT2D eigenvalue weighted by Crippen LogP contribution is 2.33. The van der Waals surface area contributed by atoms with Crippen LogP contribution in [0.5, 0.6) is 5.75 Å². The number of amides is 2. The molecule has 11 heteroatoms. The van der Waals surface area contributed by atoms with Crippen LogP contribution in [0.3, 0.4) is 0 Å². The number of rotatable bonds is 9. The zero-order valence-corrected chi connectivity index (χ0v) is 19.7. The van der Waals surface area contributed by atoms with Crippen molar-refractivity contribution in [3.05, 3.63) is 58.6 Å². The maximum atomic E-state index is 12.9. The van der Waals surface area contributed by atoms with E-state index >= 15 is 0 Å². The van der Waals surface area contributed by atoms with Crippen molar-refractivity contribution in [1.82, 2.24) is 19.7 Å². The van der Waals surface area contributed by atoms with Crippen molar-refractivity contribution >= 4 is 46.2 Å². The van der Waals surface area contributed by atoms with Crippen LogP contribution in [0.25, 0.3) is 0 Å². The minimum absolute atomic E-state index is 0.104. The molecule has 2 amide bonds. The molecule has 1 aliphatic rings. The second-order valence-corrected chi connectivity index (χ2v) is 8.71. The zero-order chi connectivity index (χ0) is 23.4. The Bertz CT molecular complexity index is 1230. The number of hydrogen-bond acceptors (Lipinski definition) is 7. The predicted octanol–water partition coefficient (Wildman–Crippen LogP) is 3.56. The van der Waals surface area contributed by atoms with Gasteiger partial charge >= 0.3 is 0 Å². The van der Waals surface area contributed by atoms with Gasteiger partial charge in [0, 0.05) is 24.9 Å². The van der Waals surface area contributed by atoms with Crippen LogP contribution in [0.1, 0.15) is 24.9 Å². The molecule has 0 bridgehead atoms. The number of benzene rings is 1. The fourth-order valence-corrected chi connectivity index (χ4v) is 4.63. The number of anilines is 2. The summed E-state index contributed by atoms with van der Waals surface area (Å²) in [6, 6.07) is 7.36. The SMILES string of the molecule is C=CCn1c(Cc2csc(NC(=O)[C@H]3CC(=O)N(c4ccccc4OCC)C3)n2)n[nH]c1=S. The summed E-state index contributed by atoms with van der Waals surface area (Å²) in [5.41, 5.74) is 1.45. The third-order valence-corrected chi connectivity index (χ3v) is 6.34. The van der Waals surface area contributed by atoms with E-state index in [-0.39, 0.29) is 18.2 Å². The Morgan fingerprint density at radius 1 is 1.45 bits per heavy atom. The first-order valence-corrected chi connectivity index (χ1v) is 11.8. The summed E-state index contributed by atoms with van der Waals surface area (Å²) in [5, 5.41) is 12.2. The van der Waals surface area contributed by atoms with Gasteiger partial charge in [-0.05, 0) is 31.3 Å². The molecule has 0 saturated carbocycles. The standard InChI is InChI=1S/C22H24N6O3S2/c1-3-9-27-18(25-26-22(27)32)11-15-13-33-21(23-15)24-20(30)14-10-19(29)28(12-14)16-7-5-6-8-17(16)31-4-2/h3,5-8,13-14H,1,4,9-12H2,2H3,(H,26,32)(H,23,24,30)/t14-/m0/s1. The molecule has 0 aliphatic carbocycles. The van der Waals surface area contributed by atoms with Gasteiger partial charge < -0.3 is 15.0 Å². The first-order chi connectivity index (χ1) is 16.0. The van der Waals surface area contributed by atoms with E-state index in [4.69, 9.17) is 17.0 Å². The molecule has 172 valence electrons. The van der Waals surface area contributed by atoms with Gasteiger partial charge in [0.1, 0.15) is 11.6 Å². The fraction of sp³-hybridized carbons (Fsp3) is 0.318. The monoisotopic (exact) mass is 484 g/mol. The first-order valence-electron chi connectivity index (χ1n) is 10.5. The van der Waals surface area contributed by atoms with Crippen molar-refractivity contribution in [3.8, 4) is 5.75 Å². The number of para-hydroxylation sites is 2. The molecule has 0 spiro atoms. The van der Waals surface area contributed by atoms with Crippen molar-refractivity contribution in [1.29, 1.82) is 0 Å². The van der Waals surface area contributed by atoms with Crippen molar-refractivity contribution in [2.75, 3.05) is 23.4 Å². The molecule has 4 rings (SSSR count). The number of hydrogen-bond donors (Lipinski definition) is 2. The fourth-order valence-electron chi connectivity index (χ4n) is 3.69. The molecule has 0 radical (unpaired) electrons. The van der Waals surface area contributed by atoms with Gasteiger partial charge in [0.15, 0.2) is 9.90 Å². The van der Waals surface area contributed by atoms with Gasteiger partial charge in [0.2, 0.25) is 11.8 Å². The average molecular weight is 485 g/mol. The Labute approximate surface area is 200 Å². The van der Waals surface area contributed by atoms with Gasteiger partial charge in [0.05, 0.1) is 30.3 Å². The number of thiazole rings is 1. The number of carbonyl (C=O) groups excluding carboxylic acids is 2. The molecule has 1 aliphatic heterocycles. The molecule has 33 heavy (non-hydrogen) atoms. The van der Waals surface area contributed by atoms with Gasteiger partial charge in [0.25, 0.3) is 0 Å². The van der Waals surface area contributed by atoms with Crippen LogP contribution in [0.4, 0.5) is 10.8 Å². The molecule has 1 aromatic carbocycles. The van der Waals surface area contributed by atoms with Crippen molar-refractivity contribution < 1.29 is 14.3 Å². The lowest BCUT2D eigenvalue weighted by Crippen LogP contribution is -2.28. The van der Waals surface area contributed by atoms with Crippen LogP contribution in [0.15, 0.2) is 42.3 Å². The number of H-pyrrole nitrogens is 1. The minimum atomic E-state index is -0.469. The van der Waals surface area contributed by atoms with Crippen LogP contribution in [0, 0.1) is 10.7 Å². The normalized spacial score (nSPS) is 15.6. The van der Waals surface area contributed by atoms with Gasteiger partial charge in [-0.25, -0.2) is 4.98 Å². The number of aromatic amines is 1. The summed E-state index contributed by atoms with van der Waals surface area (Å²) in [6.07, 6.45) is 2.36. The first kappa shape index (κ1) is 22.9. The lowest BCUT2D eigenvalue weighted by atomic mass is 10.1. The molecule has 9 nitrogen and oxygen atoms in total. The largest absolute Gasteiger partial charge is 0.492 e. The Balaban J connectivity index is 1.41. The number of carbonyl (C=O) groups is 2. The topological polar surface area (TPSA) is 105 Å². The zero-order valence-electron chi connectivity index (χ0n) is 18.1. The molecular formula is C22H24N6O3S2. The van der Waals surface area contributed by atoms with Gasteiger partial charge in [-0.3, -0.25) is 19.3 Å². The molecule has 0 unspecified atom stereocenters. The van der Waals surface area contributed by atoms with E-state index in [1.807, 2.05) is 41.1 Å². The van der Waals surface area contributed by atoms with Crippen LogP contribution < -0.4 is 15.0 Å². The smallest absolute Gasteiger partial charge is 0.231 e. The molecule has 1 saturated heterocycles. The lowest BCUT2D eigenvalue weighted by Gasteiger charge is -2.20. The quantitative estimate of drug-likeness (QED) is 0.355. The van der Waals surface area contributed by atoms with E-state index in [9.17, 15) is 9.59 Å². The van der Waals surface area contributed by atoms with E-state index in [1.165, 1.54) is 11.3 Å². The van der Waals surface area contributed by atoms with Crippen LogP contribution in [-0.2, 0) is 22.6 Å². The summed E-state index contributed by atoms with van der Waals surface area (Å²) in [4.78, 5) is 31.6. The summed E-state index contributed by atoms with van der Waals surface area (Å²) < 4.78 is 8.01. The third-order valence-electron chi connectivity index (χ3n) is 5.22. The van der Waals surface area contributed by atoms with Gasteiger partial charge in [-0.15, -0.1) is 17.9 Å². The van der Waals surface area contributed by atoms with Gasteiger partial charge in [-0.2, -0.15) is 5.10 Å². The minimum Gasteiger partial charge on any atom is -0.492 e. The molecule has 3 heterocycles. The maximum Gasteiger partial charge on any atom is 0.231 e. The molecule has 3 aromatic rings. The highest BCUT2D eigenvalue weighted by Gasteiger charge is 2.36. The number of allylic oxidation sites excluding steroid dienone is 1. The van der Waals surface area contributed by atoms with E-state index in [1.54, 1.807) is 11.0 Å². The lowest BCUT2D eigenvalue weighted by molar-refractivity contribution is -0.122. The van der Waals surface area contributed by atoms with Crippen molar-refractivity contribution in [2.24, 2.45) is 5.92 Å². The van der Waals surface area contributed by atoms with Crippen LogP contribution in [0.2, 0.25) is 0 Å². The van der Waals surface area contributed by atoms with E-state index < -0.39 is 5.92 Å². The number of nitrogens with zero attached hydrogens (tertiary/aromatic N) is 4. The van der Waals surface area contributed by atoms with E-state index in [0.717, 1.165) is 11.5 Å². The third kappa shape index (κ3) is 5.04. The molecule has 2 N–H and O–H groups in total. The van der Waals surface area contributed by atoms with Crippen LogP contribution >= 0.6 is 23.6 Å². The van der Waals surface area contributed by atoms with Gasteiger partial charge in [-0.1, -0.05) is 18.2 Å². The van der Waals surface area contributed by atoms with Crippen molar-refractivity contribution in [3.63, 3.8) is 0 Å². The van der Waals surface area contributed by atoms with E-state index in [2.05, 4.69) is 27.1 Å². The van der Waals surface area contributed by atoms with Crippen LogP contribution in [-0.4, -0.2) is 44.7 Å². The predicted molar refractivity (Wildman–Crippen MR) is 129 cm³/mol. The maximum absolute atomic E-state index is 12.9. The summed E-state index contributed by atoms with van der Waals surface area (Å²) in [6.45, 7) is 6.97. The summed E-state index contributed by atoms with van der Waals surface area (Å²) >= 11 is 6.57.